The van der Waals surface area contributed by atoms with E-state index in [2.05, 4.69) is 29.0 Å². The minimum Gasteiger partial charge on any atom is -0.448 e. The maximum absolute atomic E-state index is 13.4. The second kappa shape index (κ2) is 9.45. The van der Waals surface area contributed by atoms with Gasteiger partial charge in [-0.15, -0.1) is 0 Å². The fraction of sp³-hybridized carbons (Fsp3) is 0.367. The van der Waals surface area contributed by atoms with E-state index in [0.29, 0.717) is 18.4 Å². The van der Waals surface area contributed by atoms with Gasteiger partial charge in [0.05, 0.1) is 5.60 Å². The maximum atomic E-state index is 13.4. The number of piperidine rings is 2. The molecule has 0 aromatic heterocycles. The molecule has 1 N–H and O–H groups in total. The van der Waals surface area contributed by atoms with Crippen LogP contribution in [0.25, 0.3) is 11.1 Å². The Labute approximate surface area is 214 Å². The van der Waals surface area contributed by atoms with Crippen LogP contribution in [0.5, 0.6) is 5.75 Å². The molecule has 3 aromatic carbocycles. The number of benzene rings is 3. The number of aliphatic hydroxyl groups is 1. The summed E-state index contributed by atoms with van der Waals surface area (Å²) in [7, 11) is 0. The summed E-state index contributed by atoms with van der Waals surface area (Å²) in [6, 6.07) is 22.4. The number of carbonyl (C=O) groups is 1. The maximum Gasteiger partial charge on any atom is 0.410 e. The molecule has 3 aromatic rings. The molecule has 7 heteroatoms. The first kappa shape index (κ1) is 23.9. The van der Waals surface area contributed by atoms with Gasteiger partial charge in [0.15, 0.2) is 0 Å². The molecule has 37 heavy (non-hydrogen) atoms. The number of hydrogen-bond donors (Lipinski definition) is 1. The molecule has 1 aliphatic carbocycles. The zero-order valence-corrected chi connectivity index (χ0v) is 20.4. The Morgan fingerprint density at radius 1 is 0.919 bits per heavy atom. The third-order valence-corrected chi connectivity index (χ3v) is 8.17. The molecule has 5 nitrogen and oxygen atoms in total. The highest BCUT2D eigenvalue weighted by Gasteiger charge is 2.48. The van der Waals surface area contributed by atoms with Gasteiger partial charge in [0, 0.05) is 30.8 Å². The van der Waals surface area contributed by atoms with E-state index in [1.165, 1.54) is 34.4 Å². The number of ether oxygens (including phenoxy) is 2. The lowest BCUT2D eigenvalue weighted by molar-refractivity contribution is -0.0891. The van der Waals surface area contributed by atoms with Gasteiger partial charge >= 0.3 is 12.7 Å². The van der Waals surface area contributed by atoms with Gasteiger partial charge in [-0.05, 0) is 59.2 Å². The fourth-order valence-electron chi connectivity index (χ4n) is 6.58. The lowest BCUT2D eigenvalue weighted by Crippen LogP contribution is -2.59. The quantitative estimate of drug-likeness (QED) is 0.434. The molecular formula is C30H29F2NO4. The molecule has 0 saturated carbocycles. The largest absolute Gasteiger partial charge is 0.448 e. The number of rotatable bonds is 5. The van der Waals surface area contributed by atoms with Gasteiger partial charge in [-0.1, -0.05) is 60.7 Å². The zero-order valence-electron chi connectivity index (χ0n) is 20.4. The SMILES string of the molecule is O=C(OCC1c2ccccc2-c2ccccc21)N1C2CCCC1CC(O)(c1ccc(OC(F)F)cc1)C2. The standard InChI is InChI=1S/C30H29F2NO4/c31-28(32)37-22-14-12-19(13-15-22)30(35)16-20-6-5-7-21(17-30)33(20)29(34)36-18-27-25-10-3-1-8-23(25)24-9-2-4-11-26(24)27/h1-4,8-15,20-21,27-28,35H,5-7,16-18H2. The van der Waals surface area contributed by atoms with Crippen molar-refractivity contribution in [3.8, 4) is 16.9 Å². The van der Waals surface area contributed by atoms with Crippen LogP contribution in [0.2, 0.25) is 0 Å². The predicted molar refractivity (Wildman–Crippen MR) is 135 cm³/mol. The highest BCUT2D eigenvalue weighted by Crippen LogP contribution is 2.46. The molecule has 2 saturated heterocycles. The number of fused-ring (bicyclic) bond motifs is 5. The molecule has 2 aliphatic heterocycles. The summed E-state index contributed by atoms with van der Waals surface area (Å²) >= 11 is 0. The Morgan fingerprint density at radius 2 is 1.49 bits per heavy atom. The number of nitrogens with zero attached hydrogens (tertiary/aromatic N) is 1. The first-order valence-electron chi connectivity index (χ1n) is 12.8. The van der Waals surface area contributed by atoms with Gasteiger partial charge in [-0.3, -0.25) is 0 Å². The lowest BCUT2D eigenvalue weighted by Gasteiger charge is -2.51. The minimum atomic E-state index is -2.89. The van der Waals surface area contributed by atoms with Crippen molar-refractivity contribution < 1.29 is 28.2 Å². The van der Waals surface area contributed by atoms with E-state index in [0.717, 1.165) is 19.3 Å². The fourth-order valence-corrected chi connectivity index (χ4v) is 6.58. The van der Waals surface area contributed by atoms with E-state index in [-0.39, 0.29) is 36.5 Å². The lowest BCUT2D eigenvalue weighted by atomic mass is 9.72. The van der Waals surface area contributed by atoms with Crippen LogP contribution in [0.1, 0.15) is 54.7 Å². The average Bonchev–Trinajstić information content (AvgIpc) is 3.20. The Hall–Kier alpha value is -3.45. The molecule has 1 amide bonds. The summed E-state index contributed by atoms with van der Waals surface area (Å²) in [5.41, 5.74) is 4.22. The number of carbonyl (C=O) groups excluding carboxylic acids is 1. The van der Waals surface area contributed by atoms with Crippen LogP contribution in [-0.2, 0) is 10.3 Å². The van der Waals surface area contributed by atoms with E-state index >= 15 is 0 Å². The minimum absolute atomic E-state index is 0.00751. The van der Waals surface area contributed by atoms with Crippen LogP contribution in [-0.4, -0.2) is 41.4 Å². The third-order valence-electron chi connectivity index (χ3n) is 8.17. The van der Waals surface area contributed by atoms with Crippen molar-refractivity contribution in [2.24, 2.45) is 0 Å². The first-order chi connectivity index (χ1) is 17.9. The molecule has 3 aliphatic rings. The van der Waals surface area contributed by atoms with Crippen LogP contribution in [0.3, 0.4) is 0 Å². The van der Waals surface area contributed by atoms with E-state index in [1.54, 1.807) is 12.1 Å². The summed E-state index contributed by atoms with van der Waals surface area (Å²) in [6.07, 6.45) is 2.98. The third kappa shape index (κ3) is 4.35. The van der Waals surface area contributed by atoms with Crippen molar-refractivity contribution in [3.05, 3.63) is 89.5 Å². The second-order valence-corrected chi connectivity index (χ2v) is 10.3. The smallest absolute Gasteiger partial charge is 0.410 e. The van der Waals surface area contributed by atoms with Crippen molar-refractivity contribution in [2.45, 2.75) is 62.3 Å². The summed E-state index contributed by atoms with van der Waals surface area (Å²) in [4.78, 5) is 15.3. The number of halogens is 2. The Bertz CT molecular complexity index is 1240. The monoisotopic (exact) mass is 505 g/mol. The van der Waals surface area contributed by atoms with Gasteiger partial charge < -0.3 is 19.5 Å². The molecule has 2 fully saturated rings. The second-order valence-electron chi connectivity index (χ2n) is 10.3. The van der Waals surface area contributed by atoms with Gasteiger partial charge in [0.2, 0.25) is 0 Å². The normalized spacial score (nSPS) is 24.5. The molecule has 0 radical (unpaired) electrons. The van der Waals surface area contributed by atoms with Crippen LogP contribution in [0.4, 0.5) is 13.6 Å². The molecular weight excluding hydrogens is 476 g/mol. The molecule has 2 heterocycles. The highest BCUT2D eigenvalue weighted by atomic mass is 19.3. The molecule has 2 atom stereocenters. The van der Waals surface area contributed by atoms with Crippen molar-refractivity contribution in [1.82, 2.24) is 4.90 Å². The van der Waals surface area contributed by atoms with Gasteiger partial charge in [-0.25, -0.2) is 4.79 Å². The van der Waals surface area contributed by atoms with Crippen LogP contribution in [0, 0.1) is 0 Å². The van der Waals surface area contributed by atoms with Gasteiger partial charge in [-0.2, -0.15) is 8.78 Å². The van der Waals surface area contributed by atoms with E-state index in [9.17, 15) is 18.7 Å². The number of alkyl halides is 2. The Morgan fingerprint density at radius 3 is 2.05 bits per heavy atom. The molecule has 6 rings (SSSR count). The van der Waals surface area contributed by atoms with Crippen LogP contribution in [0.15, 0.2) is 72.8 Å². The molecule has 0 spiro atoms. The number of hydrogen-bond acceptors (Lipinski definition) is 4. The summed E-state index contributed by atoms with van der Waals surface area (Å²) < 4.78 is 35.4. The van der Waals surface area contributed by atoms with Gasteiger partial charge in [0.1, 0.15) is 12.4 Å². The summed E-state index contributed by atoms with van der Waals surface area (Å²) in [6.45, 7) is -2.63. The zero-order chi connectivity index (χ0) is 25.6. The van der Waals surface area contributed by atoms with Crippen LogP contribution >= 0.6 is 0 Å². The first-order valence-corrected chi connectivity index (χ1v) is 12.8. The van der Waals surface area contributed by atoms with Gasteiger partial charge in [0.25, 0.3) is 0 Å². The predicted octanol–water partition coefficient (Wildman–Crippen LogP) is 6.44. The van der Waals surface area contributed by atoms with E-state index < -0.39 is 12.2 Å². The van der Waals surface area contributed by atoms with E-state index in [1.807, 2.05) is 29.2 Å². The molecule has 2 bridgehead atoms. The average molecular weight is 506 g/mol. The highest BCUT2D eigenvalue weighted by molar-refractivity contribution is 5.79. The summed E-state index contributed by atoms with van der Waals surface area (Å²) in [5, 5.41) is 11.6. The van der Waals surface area contributed by atoms with Crippen molar-refractivity contribution in [3.63, 3.8) is 0 Å². The molecule has 192 valence electrons. The summed E-state index contributed by atoms with van der Waals surface area (Å²) in [5.74, 6) is 0.0468. The topological polar surface area (TPSA) is 59.0 Å². The van der Waals surface area contributed by atoms with Crippen molar-refractivity contribution >= 4 is 6.09 Å². The van der Waals surface area contributed by atoms with E-state index in [4.69, 9.17) is 4.74 Å². The Kier molecular flexibility index (Phi) is 6.11. The van der Waals surface area contributed by atoms with Crippen molar-refractivity contribution in [1.29, 1.82) is 0 Å². The Balaban J connectivity index is 1.17. The number of amides is 1. The molecule has 2 unspecified atom stereocenters. The van der Waals surface area contributed by atoms with Crippen molar-refractivity contribution in [2.75, 3.05) is 6.61 Å². The van der Waals surface area contributed by atoms with Crippen LogP contribution < -0.4 is 4.74 Å².